The molecule has 0 spiro atoms. The van der Waals surface area contributed by atoms with Crippen LogP contribution in [-0.4, -0.2) is 23.7 Å². The van der Waals surface area contributed by atoms with Crippen LogP contribution in [0.5, 0.6) is 0 Å². The minimum Gasteiger partial charge on any atom is -0.481 e. The molecule has 1 rings (SSSR count). The lowest BCUT2D eigenvalue weighted by Gasteiger charge is -2.07. The van der Waals surface area contributed by atoms with Crippen LogP contribution in [-0.2, 0) is 4.79 Å². The van der Waals surface area contributed by atoms with Gasteiger partial charge in [-0.15, -0.1) is 0 Å². The van der Waals surface area contributed by atoms with Crippen molar-refractivity contribution in [1.82, 2.24) is 5.32 Å². The third-order valence-electron chi connectivity index (χ3n) is 2.62. The van der Waals surface area contributed by atoms with E-state index in [1.54, 1.807) is 24.3 Å². The van der Waals surface area contributed by atoms with E-state index in [1.807, 2.05) is 6.07 Å². The summed E-state index contributed by atoms with van der Waals surface area (Å²) in [5.74, 6) is -0.795. The summed E-state index contributed by atoms with van der Waals surface area (Å²) in [5, 5.41) is 22.4. The van der Waals surface area contributed by atoms with Gasteiger partial charge in [0.1, 0.15) is 0 Å². The quantitative estimate of drug-likeness (QED) is 0.664. The second-order valence-corrected chi connectivity index (χ2v) is 4.27. The highest BCUT2D eigenvalue weighted by Crippen LogP contribution is 2.08. The van der Waals surface area contributed by atoms with Crippen molar-refractivity contribution < 1.29 is 14.7 Å². The summed E-state index contributed by atoms with van der Waals surface area (Å²) in [7, 11) is 0. The molecule has 0 saturated carbocycles. The Kier molecular flexibility index (Phi) is 6.62. The van der Waals surface area contributed by atoms with Crippen LogP contribution in [0.1, 0.15) is 31.2 Å². The molecular formula is C14H17N3O3. The van der Waals surface area contributed by atoms with Crippen molar-refractivity contribution >= 4 is 17.7 Å². The van der Waals surface area contributed by atoms with Gasteiger partial charge in [-0.1, -0.05) is 6.42 Å². The number of nitrogens with zero attached hydrogens (tertiary/aromatic N) is 1. The normalized spacial score (nSPS) is 9.55. The van der Waals surface area contributed by atoms with Gasteiger partial charge in [0.2, 0.25) is 0 Å². The number of nitriles is 1. The molecule has 0 bridgehead atoms. The predicted molar refractivity (Wildman–Crippen MR) is 74.3 cm³/mol. The SMILES string of the molecule is N#Cc1ccc(NC(=O)NCCCCCC(=O)O)cc1. The Labute approximate surface area is 117 Å². The summed E-state index contributed by atoms with van der Waals surface area (Å²) in [6.45, 7) is 0.502. The maximum absolute atomic E-state index is 11.5. The van der Waals surface area contributed by atoms with Crippen molar-refractivity contribution in [2.24, 2.45) is 0 Å². The molecule has 20 heavy (non-hydrogen) atoms. The van der Waals surface area contributed by atoms with Gasteiger partial charge in [0, 0.05) is 18.7 Å². The molecule has 6 nitrogen and oxygen atoms in total. The molecule has 0 aliphatic rings. The summed E-state index contributed by atoms with van der Waals surface area (Å²) in [4.78, 5) is 21.8. The number of rotatable bonds is 7. The summed E-state index contributed by atoms with van der Waals surface area (Å²) in [6, 6.07) is 8.26. The Balaban J connectivity index is 2.17. The maximum atomic E-state index is 11.5. The average molecular weight is 275 g/mol. The van der Waals surface area contributed by atoms with E-state index in [9.17, 15) is 9.59 Å². The molecule has 0 radical (unpaired) electrons. The van der Waals surface area contributed by atoms with E-state index in [4.69, 9.17) is 10.4 Å². The number of aliphatic carboxylic acids is 1. The standard InChI is InChI=1S/C14H17N3O3/c15-10-11-5-7-12(8-6-11)17-14(20)16-9-3-1-2-4-13(18)19/h5-8H,1-4,9H2,(H,18,19)(H2,16,17,20). The largest absolute Gasteiger partial charge is 0.481 e. The minimum atomic E-state index is -0.795. The fourth-order valence-corrected chi connectivity index (χ4v) is 1.58. The van der Waals surface area contributed by atoms with E-state index in [0.29, 0.717) is 24.2 Å². The maximum Gasteiger partial charge on any atom is 0.319 e. The van der Waals surface area contributed by atoms with E-state index in [1.165, 1.54) is 0 Å². The Morgan fingerprint density at radius 3 is 2.45 bits per heavy atom. The fourth-order valence-electron chi connectivity index (χ4n) is 1.58. The Morgan fingerprint density at radius 2 is 1.85 bits per heavy atom. The second-order valence-electron chi connectivity index (χ2n) is 4.27. The zero-order chi connectivity index (χ0) is 14.8. The molecule has 2 amide bonds. The summed E-state index contributed by atoms with van der Waals surface area (Å²) in [6.07, 6.45) is 2.29. The Morgan fingerprint density at radius 1 is 1.15 bits per heavy atom. The van der Waals surface area contributed by atoms with Gasteiger partial charge in [-0.25, -0.2) is 4.79 Å². The number of carbonyl (C=O) groups excluding carboxylic acids is 1. The van der Waals surface area contributed by atoms with Crippen LogP contribution >= 0.6 is 0 Å². The summed E-state index contributed by atoms with van der Waals surface area (Å²) >= 11 is 0. The van der Waals surface area contributed by atoms with Crippen LogP contribution in [0.2, 0.25) is 0 Å². The van der Waals surface area contributed by atoms with Crippen molar-refractivity contribution in [2.45, 2.75) is 25.7 Å². The molecule has 106 valence electrons. The van der Waals surface area contributed by atoms with Crippen LogP contribution in [0.25, 0.3) is 0 Å². The van der Waals surface area contributed by atoms with Crippen molar-refractivity contribution in [2.75, 3.05) is 11.9 Å². The molecular weight excluding hydrogens is 258 g/mol. The highest BCUT2D eigenvalue weighted by Gasteiger charge is 2.01. The predicted octanol–water partition coefficient (Wildman–Crippen LogP) is 2.32. The lowest BCUT2D eigenvalue weighted by atomic mass is 10.2. The monoisotopic (exact) mass is 275 g/mol. The van der Waals surface area contributed by atoms with Crippen molar-refractivity contribution in [3.05, 3.63) is 29.8 Å². The van der Waals surface area contributed by atoms with Gasteiger partial charge in [-0.05, 0) is 37.1 Å². The molecule has 1 aromatic rings. The van der Waals surface area contributed by atoms with E-state index in [-0.39, 0.29) is 12.5 Å². The van der Waals surface area contributed by atoms with E-state index >= 15 is 0 Å². The van der Waals surface area contributed by atoms with Gasteiger partial charge in [0.15, 0.2) is 0 Å². The lowest BCUT2D eigenvalue weighted by molar-refractivity contribution is -0.137. The Hall–Kier alpha value is -2.55. The van der Waals surface area contributed by atoms with Crippen molar-refractivity contribution in [1.29, 1.82) is 5.26 Å². The first kappa shape index (κ1) is 15.5. The molecule has 6 heteroatoms. The fraction of sp³-hybridized carbons (Fsp3) is 0.357. The number of amides is 2. The molecule has 0 unspecified atom stereocenters. The highest BCUT2D eigenvalue weighted by molar-refractivity contribution is 5.89. The molecule has 0 aliphatic carbocycles. The molecule has 0 atom stereocenters. The zero-order valence-corrected chi connectivity index (χ0v) is 11.1. The molecule has 0 fully saturated rings. The van der Waals surface area contributed by atoms with Gasteiger partial charge < -0.3 is 15.7 Å². The van der Waals surface area contributed by atoms with Gasteiger partial charge in [-0.2, -0.15) is 5.26 Å². The van der Waals surface area contributed by atoms with Gasteiger partial charge in [0.25, 0.3) is 0 Å². The first-order valence-electron chi connectivity index (χ1n) is 6.38. The van der Waals surface area contributed by atoms with E-state index in [0.717, 1.165) is 12.8 Å². The number of carbonyl (C=O) groups is 2. The molecule has 1 aromatic carbocycles. The number of hydrogen-bond donors (Lipinski definition) is 3. The minimum absolute atomic E-state index is 0.164. The van der Waals surface area contributed by atoms with Crippen LogP contribution in [0.15, 0.2) is 24.3 Å². The van der Waals surface area contributed by atoms with Gasteiger partial charge in [-0.3, -0.25) is 4.79 Å². The zero-order valence-electron chi connectivity index (χ0n) is 11.1. The molecule has 0 heterocycles. The number of carboxylic acid groups (broad SMARTS) is 1. The lowest BCUT2D eigenvalue weighted by Crippen LogP contribution is -2.29. The topological polar surface area (TPSA) is 102 Å². The number of urea groups is 1. The summed E-state index contributed by atoms with van der Waals surface area (Å²) in [5.41, 5.74) is 1.15. The smallest absolute Gasteiger partial charge is 0.319 e. The average Bonchev–Trinajstić information content (AvgIpc) is 2.43. The van der Waals surface area contributed by atoms with Crippen molar-refractivity contribution in [3.63, 3.8) is 0 Å². The number of benzene rings is 1. The molecule has 0 aliphatic heterocycles. The summed E-state index contributed by atoms with van der Waals surface area (Å²) < 4.78 is 0. The number of anilines is 1. The van der Waals surface area contributed by atoms with Crippen LogP contribution in [0.4, 0.5) is 10.5 Å². The first-order valence-corrected chi connectivity index (χ1v) is 6.38. The van der Waals surface area contributed by atoms with Gasteiger partial charge in [0.05, 0.1) is 11.6 Å². The van der Waals surface area contributed by atoms with Gasteiger partial charge >= 0.3 is 12.0 Å². The molecule has 0 saturated heterocycles. The van der Waals surface area contributed by atoms with Crippen LogP contribution < -0.4 is 10.6 Å². The number of carboxylic acids is 1. The van der Waals surface area contributed by atoms with Crippen LogP contribution in [0.3, 0.4) is 0 Å². The van der Waals surface area contributed by atoms with E-state index in [2.05, 4.69) is 10.6 Å². The Bertz CT molecular complexity index is 491. The van der Waals surface area contributed by atoms with Crippen molar-refractivity contribution in [3.8, 4) is 6.07 Å². The number of unbranched alkanes of at least 4 members (excludes halogenated alkanes) is 2. The first-order chi connectivity index (χ1) is 9.61. The highest BCUT2D eigenvalue weighted by atomic mass is 16.4. The third kappa shape index (κ3) is 6.40. The van der Waals surface area contributed by atoms with E-state index < -0.39 is 5.97 Å². The third-order valence-corrected chi connectivity index (χ3v) is 2.62. The van der Waals surface area contributed by atoms with Crippen LogP contribution in [0, 0.1) is 11.3 Å². The molecule has 3 N–H and O–H groups in total. The molecule has 0 aromatic heterocycles. The second kappa shape index (κ2) is 8.53. The number of nitrogens with one attached hydrogen (secondary N) is 2. The number of hydrogen-bond acceptors (Lipinski definition) is 3.